The summed E-state index contributed by atoms with van der Waals surface area (Å²) in [4.78, 5) is 4.29. The van der Waals surface area contributed by atoms with Gasteiger partial charge in [-0.3, -0.25) is 4.99 Å². The van der Waals surface area contributed by atoms with Gasteiger partial charge in [-0.25, -0.2) is 13.1 Å². The molecule has 2 unspecified atom stereocenters. The first kappa shape index (κ1) is 22.2. The molecule has 3 N–H and O–H groups in total. The molecule has 148 valence electrons. The predicted octanol–water partition coefficient (Wildman–Crippen LogP) is 1.46. The van der Waals surface area contributed by atoms with E-state index in [0.717, 1.165) is 31.8 Å². The van der Waals surface area contributed by atoms with Crippen molar-refractivity contribution in [3.05, 3.63) is 0 Å². The summed E-state index contributed by atoms with van der Waals surface area (Å²) in [5, 5.41) is 6.79. The Morgan fingerprint density at radius 3 is 2.40 bits per heavy atom. The molecular weight excluding hydrogens is 340 g/mol. The van der Waals surface area contributed by atoms with Crippen molar-refractivity contribution in [1.82, 2.24) is 15.4 Å². The molecule has 1 aliphatic rings. The summed E-state index contributed by atoms with van der Waals surface area (Å²) in [5.41, 5.74) is 0.157. The molecular formula is C17H36N4O3S. The van der Waals surface area contributed by atoms with Crippen molar-refractivity contribution in [3.63, 3.8) is 0 Å². The summed E-state index contributed by atoms with van der Waals surface area (Å²) in [7, 11) is -1.35. The lowest BCUT2D eigenvalue weighted by molar-refractivity contribution is -0.133. The number of sulfonamides is 1. The number of hydrogen-bond acceptors (Lipinski definition) is 4. The predicted molar refractivity (Wildman–Crippen MR) is 103 cm³/mol. The number of guanidine groups is 1. The molecule has 0 aromatic rings. The lowest BCUT2D eigenvalue weighted by Crippen LogP contribution is -2.65. The fraction of sp³-hybridized carbons (Fsp3) is 0.941. The third-order valence-electron chi connectivity index (χ3n) is 5.35. The zero-order valence-electron chi connectivity index (χ0n) is 16.4. The van der Waals surface area contributed by atoms with E-state index in [-0.39, 0.29) is 11.2 Å². The van der Waals surface area contributed by atoms with Crippen LogP contribution in [-0.4, -0.2) is 59.0 Å². The largest absolute Gasteiger partial charge is 0.378 e. The van der Waals surface area contributed by atoms with Gasteiger partial charge in [0.1, 0.15) is 0 Å². The van der Waals surface area contributed by atoms with E-state index >= 15 is 0 Å². The second-order valence-electron chi connectivity index (χ2n) is 6.47. The lowest BCUT2D eigenvalue weighted by Gasteiger charge is -2.55. The van der Waals surface area contributed by atoms with Crippen molar-refractivity contribution in [2.24, 2.45) is 10.4 Å². The van der Waals surface area contributed by atoms with Gasteiger partial charge in [0, 0.05) is 38.2 Å². The zero-order valence-corrected chi connectivity index (χ0v) is 17.2. The first-order valence-corrected chi connectivity index (χ1v) is 11.1. The summed E-state index contributed by atoms with van der Waals surface area (Å²) in [6.45, 7) is 9.97. The van der Waals surface area contributed by atoms with Crippen molar-refractivity contribution in [2.75, 3.05) is 32.5 Å². The molecule has 0 saturated heterocycles. The third kappa shape index (κ3) is 5.82. The van der Waals surface area contributed by atoms with Crippen LogP contribution in [0.15, 0.2) is 4.99 Å². The number of hydrogen-bond donors (Lipinski definition) is 3. The second-order valence-corrected chi connectivity index (χ2v) is 8.56. The molecule has 7 nitrogen and oxygen atoms in total. The Morgan fingerprint density at radius 2 is 1.88 bits per heavy atom. The number of nitrogens with one attached hydrogen (secondary N) is 3. The average molecular weight is 377 g/mol. The number of rotatable bonds is 11. The van der Waals surface area contributed by atoms with Crippen LogP contribution in [0.5, 0.6) is 0 Å². The standard InChI is InChI=1S/C17H36N4O3S/c1-6-17(7-2)14(13-15(17)24-8-3)21-16(18-5)19-11-10-12-20-25(22,23)9-4/h14-15,20H,6-13H2,1-5H3,(H2,18,19,21). The van der Waals surface area contributed by atoms with E-state index in [1.165, 1.54) is 0 Å². The van der Waals surface area contributed by atoms with Crippen molar-refractivity contribution < 1.29 is 13.2 Å². The molecule has 0 spiro atoms. The number of nitrogens with zero attached hydrogens (tertiary/aromatic N) is 1. The van der Waals surface area contributed by atoms with Crippen LogP contribution in [0, 0.1) is 5.41 Å². The molecule has 8 heteroatoms. The van der Waals surface area contributed by atoms with Crippen LogP contribution in [0.3, 0.4) is 0 Å². The minimum Gasteiger partial charge on any atom is -0.378 e. The van der Waals surface area contributed by atoms with E-state index in [0.29, 0.717) is 31.7 Å². The Kier molecular flexibility index (Phi) is 9.16. The highest BCUT2D eigenvalue weighted by Gasteiger charge is 2.53. The van der Waals surface area contributed by atoms with E-state index in [1.807, 2.05) is 6.92 Å². The Balaban J connectivity index is 2.43. The molecule has 0 bridgehead atoms. The maximum Gasteiger partial charge on any atom is 0.211 e. The molecule has 0 heterocycles. The fourth-order valence-corrected chi connectivity index (χ4v) is 4.23. The van der Waals surface area contributed by atoms with Crippen LogP contribution in [0.2, 0.25) is 0 Å². The smallest absolute Gasteiger partial charge is 0.211 e. The lowest BCUT2D eigenvalue weighted by atomic mass is 9.58. The van der Waals surface area contributed by atoms with E-state index in [9.17, 15) is 8.42 Å². The molecule has 0 amide bonds. The highest BCUT2D eigenvalue weighted by molar-refractivity contribution is 7.89. The summed E-state index contributed by atoms with van der Waals surface area (Å²) >= 11 is 0. The van der Waals surface area contributed by atoms with Crippen LogP contribution in [0.25, 0.3) is 0 Å². The highest BCUT2D eigenvalue weighted by Crippen LogP contribution is 2.48. The Labute approximate surface area is 153 Å². The molecule has 0 aromatic heterocycles. The van der Waals surface area contributed by atoms with Crippen molar-refractivity contribution in [3.8, 4) is 0 Å². The van der Waals surface area contributed by atoms with Gasteiger partial charge >= 0.3 is 0 Å². The van der Waals surface area contributed by atoms with Crippen LogP contribution in [-0.2, 0) is 14.8 Å². The maximum absolute atomic E-state index is 11.4. The normalized spacial score (nSPS) is 23.2. The summed E-state index contributed by atoms with van der Waals surface area (Å²) in [6.07, 6.45) is 4.15. The Morgan fingerprint density at radius 1 is 1.20 bits per heavy atom. The summed E-state index contributed by atoms with van der Waals surface area (Å²) < 4.78 is 31.3. The molecule has 0 radical (unpaired) electrons. The molecule has 25 heavy (non-hydrogen) atoms. The van der Waals surface area contributed by atoms with Gasteiger partial charge in [-0.15, -0.1) is 0 Å². The second kappa shape index (κ2) is 10.3. The van der Waals surface area contributed by atoms with Crippen LogP contribution in [0.1, 0.15) is 53.4 Å². The Hall–Kier alpha value is -0.860. The first-order valence-electron chi connectivity index (χ1n) is 9.45. The van der Waals surface area contributed by atoms with Gasteiger partial charge in [0.2, 0.25) is 10.0 Å². The van der Waals surface area contributed by atoms with Crippen molar-refractivity contribution in [2.45, 2.75) is 65.5 Å². The quantitative estimate of drug-likeness (QED) is 0.288. The molecule has 0 aliphatic heterocycles. The maximum atomic E-state index is 11.4. The molecule has 1 saturated carbocycles. The summed E-state index contributed by atoms with van der Waals surface area (Å²) in [6, 6.07) is 0.351. The first-order chi connectivity index (χ1) is 11.9. The third-order valence-corrected chi connectivity index (χ3v) is 6.76. The minimum absolute atomic E-state index is 0.114. The Bertz CT molecular complexity index is 518. The van der Waals surface area contributed by atoms with Crippen molar-refractivity contribution >= 4 is 16.0 Å². The molecule has 1 fully saturated rings. The van der Waals surface area contributed by atoms with Gasteiger partial charge in [-0.2, -0.15) is 0 Å². The number of ether oxygens (including phenoxy) is 1. The number of aliphatic imine (C=N–C) groups is 1. The fourth-order valence-electron chi connectivity index (χ4n) is 3.57. The van der Waals surface area contributed by atoms with E-state index < -0.39 is 10.0 Å². The molecule has 1 rings (SSSR count). The summed E-state index contributed by atoms with van der Waals surface area (Å²) in [5.74, 6) is 0.882. The topological polar surface area (TPSA) is 91.8 Å². The molecule has 2 atom stereocenters. The van der Waals surface area contributed by atoms with Crippen LogP contribution >= 0.6 is 0 Å². The average Bonchev–Trinajstić information content (AvgIpc) is 2.60. The van der Waals surface area contributed by atoms with Gasteiger partial charge in [0.15, 0.2) is 5.96 Å². The van der Waals surface area contributed by atoms with E-state index in [4.69, 9.17) is 4.74 Å². The van der Waals surface area contributed by atoms with E-state index in [1.54, 1.807) is 14.0 Å². The molecule has 0 aromatic carbocycles. The van der Waals surface area contributed by atoms with Gasteiger partial charge in [-0.1, -0.05) is 13.8 Å². The van der Waals surface area contributed by atoms with Gasteiger partial charge < -0.3 is 15.4 Å². The monoisotopic (exact) mass is 376 g/mol. The van der Waals surface area contributed by atoms with Gasteiger partial charge in [0.05, 0.1) is 11.9 Å². The van der Waals surface area contributed by atoms with Crippen molar-refractivity contribution in [1.29, 1.82) is 0 Å². The SMILES string of the molecule is CCOC1CC(NC(=NC)NCCCNS(=O)(=O)CC)C1(CC)CC. The van der Waals surface area contributed by atoms with Gasteiger partial charge in [-0.05, 0) is 39.5 Å². The minimum atomic E-state index is -3.11. The van der Waals surface area contributed by atoms with Crippen LogP contribution < -0.4 is 15.4 Å². The van der Waals surface area contributed by atoms with Gasteiger partial charge in [0.25, 0.3) is 0 Å². The van der Waals surface area contributed by atoms with Crippen LogP contribution in [0.4, 0.5) is 0 Å². The molecule has 1 aliphatic carbocycles. The highest BCUT2D eigenvalue weighted by atomic mass is 32.2. The zero-order chi connectivity index (χ0) is 18.9. The van der Waals surface area contributed by atoms with E-state index in [2.05, 4.69) is 34.2 Å².